The second-order valence-electron chi connectivity index (χ2n) is 21.0. The van der Waals surface area contributed by atoms with Crippen molar-refractivity contribution >= 4 is 72.7 Å². The maximum Gasteiger partial charge on any atom is 0.101 e. The summed E-state index contributed by atoms with van der Waals surface area (Å²) in [4.78, 5) is 9.70. The van der Waals surface area contributed by atoms with E-state index < -0.39 is 0 Å². The molecule has 3 heterocycles. The molecule has 3 N–H and O–H groups in total. The van der Waals surface area contributed by atoms with Crippen molar-refractivity contribution in [2.45, 2.75) is 0 Å². The number of hydrogen-bond acceptors (Lipinski definition) is 6. The van der Waals surface area contributed by atoms with Crippen LogP contribution in [0, 0.1) is 11.3 Å². The molecule has 14 aromatic rings. The summed E-state index contributed by atoms with van der Waals surface area (Å²) in [6.07, 6.45) is 1.91. The molecule has 392 valence electrons. The summed E-state index contributed by atoms with van der Waals surface area (Å²) in [5.41, 5.74) is 29.5. The smallest absolute Gasteiger partial charge is 0.101 e. The average Bonchev–Trinajstić information content (AvgIpc) is 3.85. The molecule has 0 radical (unpaired) electrons. The van der Waals surface area contributed by atoms with E-state index in [1.807, 2.05) is 48.8 Å². The fourth-order valence-electron chi connectivity index (χ4n) is 12.3. The van der Waals surface area contributed by atoms with Crippen LogP contribution >= 0.6 is 0 Å². The fraction of sp³-hybridized carbons (Fsp3) is 0.0133. The molecule has 0 unspecified atom stereocenters. The predicted molar refractivity (Wildman–Crippen MR) is 343 cm³/mol. The highest BCUT2D eigenvalue weighted by molar-refractivity contribution is 6.11. The Hall–Kier alpha value is -11.4. The molecule has 15 rings (SSSR count). The van der Waals surface area contributed by atoms with Crippen LogP contribution in [0.3, 0.4) is 0 Å². The van der Waals surface area contributed by atoms with E-state index in [-0.39, 0.29) is 0 Å². The lowest BCUT2D eigenvalue weighted by Gasteiger charge is -2.25. The minimum Gasteiger partial charge on any atom is -0.397 e. The van der Waals surface area contributed by atoms with E-state index in [1.165, 1.54) is 0 Å². The molecule has 0 saturated heterocycles. The SMILES string of the molecule is N#Cc1c(-c2ccc3ncn(-c4cc(-c5ccccc5)ccc4Nc4ccccc4)c3c2)c(-c2ccccc2)cc(-n2c3ccccc3c3ccccc32)c1-c1ccc(N)c(N2CN(c3ccccc3)c3ccc(-c4ccccc4)cc32)c1. The van der Waals surface area contributed by atoms with Crippen molar-refractivity contribution in [3.8, 4) is 73.1 Å². The number of nitrogen functional groups attached to an aromatic ring is 1. The first-order chi connectivity index (χ1) is 41.0. The molecular formula is C75H52N8. The fourth-order valence-corrected chi connectivity index (χ4v) is 12.3. The van der Waals surface area contributed by atoms with Crippen LogP contribution in [-0.2, 0) is 0 Å². The lowest BCUT2D eigenvalue weighted by molar-refractivity contribution is 0.992. The highest BCUT2D eigenvalue weighted by atomic mass is 15.4. The Balaban J connectivity index is 0.989. The summed E-state index contributed by atoms with van der Waals surface area (Å²) in [6, 6.07) is 100. The van der Waals surface area contributed by atoms with Gasteiger partial charge in [0.15, 0.2) is 0 Å². The van der Waals surface area contributed by atoms with Crippen LogP contribution in [0.15, 0.2) is 285 Å². The number of benzene rings is 12. The highest BCUT2D eigenvalue weighted by Gasteiger charge is 2.32. The number of para-hydroxylation sites is 4. The van der Waals surface area contributed by atoms with Gasteiger partial charge in [-0.25, -0.2) is 4.98 Å². The summed E-state index contributed by atoms with van der Waals surface area (Å²) in [7, 11) is 0. The maximum absolute atomic E-state index is 12.3. The van der Waals surface area contributed by atoms with Gasteiger partial charge < -0.3 is 25.4 Å². The Morgan fingerprint density at radius 3 is 1.61 bits per heavy atom. The van der Waals surface area contributed by atoms with Gasteiger partial charge in [0.2, 0.25) is 0 Å². The van der Waals surface area contributed by atoms with Crippen molar-refractivity contribution in [1.29, 1.82) is 5.26 Å². The summed E-state index contributed by atoms with van der Waals surface area (Å²) in [5.74, 6) is 0. The van der Waals surface area contributed by atoms with E-state index in [4.69, 9.17) is 10.7 Å². The molecule has 8 heteroatoms. The first-order valence-electron chi connectivity index (χ1n) is 27.9. The summed E-state index contributed by atoms with van der Waals surface area (Å²) >= 11 is 0. The second kappa shape index (κ2) is 20.4. The number of nitriles is 1. The van der Waals surface area contributed by atoms with Crippen LogP contribution in [0.1, 0.15) is 5.56 Å². The standard InChI is InChI=1S/C75H52N8/c76-47-62-74(55-36-39-64-70(45-55)80(48-78-64)71-42-53(50-20-6-1-7-21-50)35-40-65(71)79-57-26-12-4-13-27-57)61(52-24-10-3-11-25-52)46-73(83-66-32-18-16-30-59(66)60-31-17-19-33-67(60)83)75(62)56-34-38-63(77)69(44-56)82-49-81(58-28-14-5-15-29-58)68-41-37-54(43-72(68)82)51-22-8-2-9-23-51/h1-46,48,79H,49,77H2. The Morgan fingerprint density at radius 1 is 0.410 bits per heavy atom. The van der Waals surface area contributed by atoms with Crippen LogP contribution in [-0.4, -0.2) is 20.8 Å². The number of imidazole rings is 1. The third-order valence-electron chi connectivity index (χ3n) is 16.2. The maximum atomic E-state index is 12.3. The summed E-state index contributed by atoms with van der Waals surface area (Å²) in [6.45, 7) is 0.513. The molecule has 0 aliphatic carbocycles. The molecular weight excluding hydrogens is 1010 g/mol. The monoisotopic (exact) mass is 1060 g/mol. The minimum atomic E-state index is 0.513. The number of anilines is 7. The normalized spacial score (nSPS) is 12.0. The lowest BCUT2D eigenvalue weighted by Crippen LogP contribution is -2.24. The molecule has 0 fully saturated rings. The molecule has 83 heavy (non-hydrogen) atoms. The third-order valence-corrected chi connectivity index (χ3v) is 16.2. The van der Waals surface area contributed by atoms with Crippen LogP contribution < -0.4 is 20.9 Å². The van der Waals surface area contributed by atoms with Gasteiger partial charge in [-0.1, -0.05) is 188 Å². The van der Waals surface area contributed by atoms with Gasteiger partial charge in [0.25, 0.3) is 0 Å². The zero-order valence-electron chi connectivity index (χ0n) is 45.1. The highest BCUT2D eigenvalue weighted by Crippen LogP contribution is 2.51. The van der Waals surface area contributed by atoms with Crippen molar-refractivity contribution in [3.05, 3.63) is 291 Å². The van der Waals surface area contributed by atoms with Crippen LogP contribution in [0.25, 0.3) is 99.8 Å². The van der Waals surface area contributed by atoms with Crippen molar-refractivity contribution in [1.82, 2.24) is 14.1 Å². The van der Waals surface area contributed by atoms with E-state index in [0.717, 1.165) is 134 Å². The zero-order chi connectivity index (χ0) is 55.4. The topological polar surface area (TPSA) is 91.1 Å². The Kier molecular flexibility index (Phi) is 11.9. The molecule has 8 nitrogen and oxygen atoms in total. The molecule has 0 spiro atoms. The number of fused-ring (bicyclic) bond motifs is 5. The summed E-state index contributed by atoms with van der Waals surface area (Å²) < 4.78 is 4.51. The number of nitrogens with one attached hydrogen (secondary N) is 1. The number of rotatable bonds is 11. The van der Waals surface area contributed by atoms with Gasteiger partial charge in [-0.15, -0.1) is 0 Å². The second-order valence-corrected chi connectivity index (χ2v) is 21.0. The third kappa shape index (κ3) is 8.51. The molecule has 0 saturated carbocycles. The van der Waals surface area contributed by atoms with Crippen molar-refractivity contribution < 1.29 is 0 Å². The first-order valence-corrected chi connectivity index (χ1v) is 27.9. The Bertz CT molecular complexity index is 4760. The largest absolute Gasteiger partial charge is 0.397 e. The van der Waals surface area contributed by atoms with E-state index >= 15 is 0 Å². The molecule has 1 aliphatic rings. The molecule has 1 aliphatic heterocycles. The average molecular weight is 1070 g/mol. The van der Waals surface area contributed by atoms with Crippen molar-refractivity contribution in [2.75, 3.05) is 27.5 Å². The molecule has 0 bridgehead atoms. The van der Waals surface area contributed by atoms with Gasteiger partial charge >= 0.3 is 0 Å². The molecule has 2 aromatic heterocycles. The molecule has 12 aromatic carbocycles. The molecule has 0 atom stereocenters. The first kappa shape index (κ1) is 48.7. The number of hydrogen-bond donors (Lipinski definition) is 2. The van der Waals surface area contributed by atoms with Gasteiger partial charge in [-0.3, -0.25) is 4.57 Å². The van der Waals surface area contributed by atoms with Crippen LogP contribution in [0.5, 0.6) is 0 Å². The van der Waals surface area contributed by atoms with Gasteiger partial charge in [0, 0.05) is 33.3 Å². The van der Waals surface area contributed by atoms with Crippen LogP contribution in [0.2, 0.25) is 0 Å². The van der Waals surface area contributed by atoms with Gasteiger partial charge in [0.1, 0.15) is 19.1 Å². The number of nitrogens with two attached hydrogens (primary N) is 1. The summed E-state index contributed by atoms with van der Waals surface area (Å²) in [5, 5.41) is 18.3. The lowest BCUT2D eigenvalue weighted by atomic mass is 9.84. The molecule has 0 amide bonds. The van der Waals surface area contributed by atoms with Gasteiger partial charge in [0.05, 0.1) is 67.4 Å². The van der Waals surface area contributed by atoms with E-state index in [1.54, 1.807) is 0 Å². The quantitative estimate of drug-likeness (QED) is 0.125. The van der Waals surface area contributed by atoms with E-state index in [2.05, 4.69) is 267 Å². The predicted octanol–water partition coefficient (Wildman–Crippen LogP) is 18.9. The van der Waals surface area contributed by atoms with E-state index in [9.17, 15) is 5.26 Å². The number of aromatic nitrogens is 3. The zero-order valence-corrected chi connectivity index (χ0v) is 45.1. The Morgan fingerprint density at radius 2 is 0.952 bits per heavy atom. The Labute approximate surface area is 481 Å². The van der Waals surface area contributed by atoms with Gasteiger partial charge in [-0.2, -0.15) is 5.26 Å². The van der Waals surface area contributed by atoms with Crippen molar-refractivity contribution in [3.63, 3.8) is 0 Å². The van der Waals surface area contributed by atoms with Crippen LogP contribution in [0.4, 0.5) is 39.8 Å². The van der Waals surface area contributed by atoms with Crippen molar-refractivity contribution in [2.24, 2.45) is 0 Å². The minimum absolute atomic E-state index is 0.513. The number of nitrogens with zero attached hydrogens (tertiary/aromatic N) is 6. The van der Waals surface area contributed by atoms with E-state index in [0.29, 0.717) is 17.9 Å². The van der Waals surface area contributed by atoms with Gasteiger partial charge in [-0.05, 0) is 136 Å².